The zero-order valence-electron chi connectivity index (χ0n) is 21.8. The van der Waals surface area contributed by atoms with Crippen LogP contribution in [0.15, 0.2) is 36.7 Å². The number of fused-ring (bicyclic) bond motifs is 1. The van der Waals surface area contributed by atoms with Gasteiger partial charge in [-0.15, -0.1) is 11.3 Å². The number of likely N-dealkylation sites (tertiary alicyclic amines) is 1. The Morgan fingerprint density at radius 3 is 2.84 bits per heavy atom. The lowest BCUT2D eigenvalue weighted by atomic mass is 9.98. The highest BCUT2D eigenvalue weighted by atomic mass is 32.1. The Morgan fingerprint density at radius 2 is 2.08 bits per heavy atom. The van der Waals surface area contributed by atoms with Crippen molar-refractivity contribution in [1.29, 1.82) is 0 Å². The molecule has 7 nitrogen and oxygen atoms in total. The summed E-state index contributed by atoms with van der Waals surface area (Å²) in [5.74, 6) is 0.599. The number of thiophene rings is 1. The molecule has 9 heteroatoms. The minimum atomic E-state index is -0.354. The number of aliphatic hydroxyl groups excluding tert-OH is 1. The van der Waals surface area contributed by atoms with E-state index in [9.17, 15) is 14.3 Å². The smallest absolute Gasteiger partial charge is 0.198 e. The third-order valence-corrected chi connectivity index (χ3v) is 8.70. The van der Waals surface area contributed by atoms with Gasteiger partial charge in [-0.25, -0.2) is 14.4 Å². The van der Waals surface area contributed by atoms with Crippen molar-refractivity contribution in [2.24, 2.45) is 0 Å². The number of hydrogen-bond acceptors (Lipinski definition) is 8. The van der Waals surface area contributed by atoms with Crippen molar-refractivity contribution >= 4 is 38.8 Å². The maximum atomic E-state index is 14.1. The maximum absolute atomic E-state index is 14.1. The van der Waals surface area contributed by atoms with Crippen molar-refractivity contribution in [1.82, 2.24) is 14.9 Å². The largest absolute Gasteiger partial charge is 0.488 e. The number of nitrogens with zero attached hydrogens (tertiary/aromatic N) is 3. The van der Waals surface area contributed by atoms with Crippen molar-refractivity contribution in [2.75, 3.05) is 25.0 Å². The predicted molar refractivity (Wildman–Crippen MR) is 149 cm³/mol. The summed E-state index contributed by atoms with van der Waals surface area (Å²) in [6.07, 6.45) is 8.92. The molecule has 2 aliphatic rings. The number of aryl methyl sites for hydroxylation is 1. The Kier molecular flexibility index (Phi) is 8.35. The fourth-order valence-electron chi connectivity index (χ4n) is 5.38. The van der Waals surface area contributed by atoms with Gasteiger partial charge in [-0.3, -0.25) is 4.79 Å². The second-order valence-electron chi connectivity index (χ2n) is 10.4. The second-order valence-corrected chi connectivity index (χ2v) is 11.4. The van der Waals surface area contributed by atoms with Crippen LogP contribution < -0.4 is 10.1 Å². The lowest BCUT2D eigenvalue weighted by molar-refractivity contribution is 0.103. The first-order chi connectivity index (χ1) is 18.4. The molecule has 1 aromatic carbocycles. The Hall–Kier alpha value is -2.88. The number of aliphatic hydroxyl groups is 1. The predicted octanol–water partition coefficient (Wildman–Crippen LogP) is 6.18. The molecular formula is C29H35FN4O3S. The number of Topliss-reactive ketones (excluding diaryl/α,β-unsaturated/α-hetero) is 1. The van der Waals surface area contributed by atoms with E-state index in [1.807, 2.05) is 6.92 Å². The van der Waals surface area contributed by atoms with E-state index in [0.717, 1.165) is 62.6 Å². The van der Waals surface area contributed by atoms with Crippen LogP contribution >= 0.6 is 11.3 Å². The molecule has 2 fully saturated rings. The van der Waals surface area contributed by atoms with Crippen molar-refractivity contribution in [2.45, 2.75) is 70.5 Å². The summed E-state index contributed by atoms with van der Waals surface area (Å²) in [7, 11) is 0. The minimum Gasteiger partial charge on any atom is -0.488 e. The fraction of sp³-hybridized carbons (Fsp3) is 0.483. The van der Waals surface area contributed by atoms with E-state index in [1.54, 1.807) is 6.07 Å². The van der Waals surface area contributed by atoms with Crippen LogP contribution in [0.5, 0.6) is 5.75 Å². The van der Waals surface area contributed by atoms with Crippen molar-refractivity contribution in [3.8, 4) is 5.75 Å². The summed E-state index contributed by atoms with van der Waals surface area (Å²) >= 11 is 1.34. The number of ketones is 1. The Bertz CT molecular complexity index is 1320. The van der Waals surface area contributed by atoms with Gasteiger partial charge in [-0.2, -0.15) is 0 Å². The lowest BCUT2D eigenvalue weighted by Gasteiger charge is -2.24. The fourth-order valence-corrected chi connectivity index (χ4v) is 6.51. The monoisotopic (exact) mass is 538 g/mol. The van der Waals surface area contributed by atoms with Gasteiger partial charge >= 0.3 is 0 Å². The molecule has 1 saturated heterocycles. The molecular weight excluding hydrogens is 503 g/mol. The molecule has 0 spiro atoms. The van der Waals surface area contributed by atoms with Crippen LogP contribution in [0.4, 0.5) is 15.9 Å². The number of nitrogens with one attached hydrogen (secondary N) is 1. The molecule has 1 unspecified atom stereocenters. The van der Waals surface area contributed by atoms with E-state index >= 15 is 0 Å². The zero-order chi connectivity index (χ0) is 26.6. The van der Waals surface area contributed by atoms with Gasteiger partial charge in [-0.1, -0.05) is 13.0 Å². The maximum Gasteiger partial charge on any atom is 0.198 e. The number of halogens is 1. The molecule has 1 atom stereocenters. The number of hydrogen-bond donors (Lipinski definition) is 2. The number of benzene rings is 1. The topological polar surface area (TPSA) is 87.6 Å². The molecule has 2 aromatic heterocycles. The van der Waals surface area contributed by atoms with Crippen molar-refractivity contribution in [3.63, 3.8) is 0 Å². The van der Waals surface area contributed by atoms with E-state index in [-0.39, 0.29) is 23.8 Å². The first-order valence-electron chi connectivity index (χ1n) is 13.5. The molecule has 38 heavy (non-hydrogen) atoms. The molecule has 2 N–H and O–H groups in total. The van der Waals surface area contributed by atoms with E-state index in [0.29, 0.717) is 45.5 Å². The second kappa shape index (κ2) is 11.9. The summed E-state index contributed by atoms with van der Waals surface area (Å²) < 4.78 is 20.3. The molecule has 3 heterocycles. The standard InChI is InChI=1S/C29H35FN4O3S/c1-18(7-6-13-34-14-12-21(35)16-34)26(36)27-19(2)25-28(31-17-32-29(25)38-27)33-23-11-10-20(30)15-24(23)37-22-8-4-3-5-9-22/h10-11,15,17,21-22,35H,1,3-9,12-14,16H2,2H3,(H,31,32,33). The van der Waals surface area contributed by atoms with Crippen LogP contribution in [0.3, 0.4) is 0 Å². The van der Waals surface area contributed by atoms with Gasteiger partial charge in [0.15, 0.2) is 5.78 Å². The number of ether oxygens (including phenoxy) is 1. The van der Waals surface area contributed by atoms with Gasteiger partial charge in [0, 0.05) is 19.2 Å². The molecule has 0 amide bonds. The Balaban J connectivity index is 1.33. The van der Waals surface area contributed by atoms with Gasteiger partial charge < -0.3 is 20.1 Å². The highest BCUT2D eigenvalue weighted by Crippen LogP contribution is 2.38. The quantitative estimate of drug-likeness (QED) is 0.235. The first-order valence-corrected chi connectivity index (χ1v) is 14.3. The van der Waals surface area contributed by atoms with Gasteiger partial charge in [0.2, 0.25) is 0 Å². The SMILES string of the molecule is C=C(CCCN1CCC(O)C1)C(=O)c1sc2ncnc(Nc3ccc(F)cc3OC3CCCCC3)c2c1C. The summed E-state index contributed by atoms with van der Waals surface area (Å²) in [5.41, 5.74) is 2.01. The lowest BCUT2D eigenvalue weighted by Crippen LogP contribution is -2.23. The first kappa shape index (κ1) is 26.7. The number of carbonyl (C=O) groups is 1. The van der Waals surface area contributed by atoms with Crippen LogP contribution in [-0.2, 0) is 0 Å². The van der Waals surface area contributed by atoms with Gasteiger partial charge in [0.05, 0.1) is 28.2 Å². The third-order valence-electron chi connectivity index (χ3n) is 7.50. The van der Waals surface area contributed by atoms with Crippen molar-refractivity contribution < 1.29 is 19.0 Å². The number of carbonyl (C=O) groups excluding carboxylic acids is 1. The molecule has 0 bridgehead atoms. The van der Waals surface area contributed by atoms with Gasteiger partial charge in [0.1, 0.15) is 28.5 Å². The summed E-state index contributed by atoms with van der Waals surface area (Å²) in [5, 5.41) is 13.8. The van der Waals surface area contributed by atoms with Crippen LogP contribution in [0.25, 0.3) is 10.2 Å². The Morgan fingerprint density at radius 1 is 1.26 bits per heavy atom. The molecule has 1 aliphatic heterocycles. The van der Waals surface area contributed by atoms with Crippen molar-refractivity contribution in [3.05, 3.63) is 52.9 Å². The number of anilines is 2. The highest BCUT2D eigenvalue weighted by Gasteiger charge is 2.24. The van der Waals surface area contributed by atoms with E-state index in [1.165, 1.54) is 36.2 Å². The van der Waals surface area contributed by atoms with Crippen LogP contribution in [0.1, 0.15) is 66.6 Å². The average Bonchev–Trinajstić information content (AvgIpc) is 3.48. The number of β-amino-alcohol motifs (C(OH)–C–C–N with tert-alkyl or cyclic N) is 1. The molecule has 202 valence electrons. The minimum absolute atomic E-state index is 0.0685. The molecule has 3 aromatic rings. The summed E-state index contributed by atoms with van der Waals surface area (Å²) in [6.45, 7) is 8.42. The molecule has 1 aliphatic carbocycles. The van der Waals surface area contributed by atoms with E-state index in [4.69, 9.17) is 4.74 Å². The van der Waals surface area contributed by atoms with Crippen LogP contribution in [0, 0.1) is 12.7 Å². The molecule has 5 rings (SSSR count). The average molecular weight is 539 g/mol. The van der Waals surface area contributed by atoms with Gasteiger partial charge in [0.25, 0.3) is 0 Å². The third kappa shape index (κ3) is 6.06. The van der Waals surface area contributed by atoms with Crippen LogP contribution in [0.2, 0.25) is 0 Å². The summed E-state index contributed by atoms with van der Waals surface area (Å²) in [4.78, 5) is 25.8. The van der Waals surface area contributed by atoms with Crippen LogP contribution in [-0.4, -0.2) is 57.6 Å². The molecule has 0 radical (unpaired) electrons. The van der Waals surface area contributed by atoms with Gasteiger partial charge in [-0.05, 0) is 81.7 Å². The van der Waals surface area contributed by atoms with E-state index < -0.39 is 0 Å². The number of allylic oxidation sites excluding steroid dienone is 1. The zero-order valence-corrected chi connectivity index (χ0v) is 22.7. The summed E-state index contributed by atoms with van der Waals surface area (Å²) in [6, 6.07) is 4.48. The number of rotatable bonds is 10. The molecule has 1 saturated carbocycles. The normalized spacial score (nSPS) is 18.7. The Labute approximate surface area is 226 Å². The van der Waals surface area contributed by atoms with E-state index in [2.05, 4.69) is 26.8 Å². The number of aromatic nitrogens is 2. The highest BCUT2D eigenvalue weighted by molar-refractivity contribution is 7.20.